The topological polar surface area (TPSA) is 42.3 Å². The molecule has 1 rings (SSSR count). The number of halogens is 3. The molecule has 1 aliphatic heterocycles. The third kappa shape index (κ3) is 5.27. The summed E-state index contributed by atoms with van der Waals surface area (Å²) in [5.74, 6) is 0. The Labute approximate surface area is 118 Å². The average Bonchev–Trinajstić information content (AvgIpc) is 2.37. The Morgan fingerprint density at radius 1 is 1.25 bits per heavy atom. The lowest BCUT2D eigenvalue weighted by molar-refractivity contribution is -0.149. The van der Waals surface area contributed by atoms with Gasteiger partial charge in [-0.3, -0.25) is 9.80 Å². The molecule has 0 aliphatic carbocycles. The molecule has 0 amide bonds. The second-order valence-electron chi connectivity index (χ2n) is 5.67. The van der Waals surface area contributed by atoms with Crippen molar-refractivity contribution in [2.75, 3.05) is 39.8 Å². The summed E-state index contributed by atoms with van der Waals surface area (Å²) in [5, 5.41) is 12.1. The normalized spacial score (nSPS) is 23.1. The van der Waals surface area contributed by atoms with Crippen molar-refractivity contribution in [1.29, 1.82) is 5.26 Å². The van der Waals surface area contributed by atoms with Crippen molar-refractivity contribution in [3.8, 4) is 6.07 Å². The summed E-state index contributed by atoms with van der Waals surface area (Å²) in [5.41, 5.74) is -0.595. The van der Waals surface area contributed by atoms with Gasteiger partial charge in [-0.15, -0.1) is 0 Å². The first-order chi connectivity index (χ1) is 9.19. The molecule has 116 valence electrons. The molecule has 1 N–H and O–H groups in total. The van der Waals surface area contributed by atoms with E-state index >= 15 is 0 Å². The highest BCUT2D eigenvalue weighted by molar-refractivity contribution is 5.04. The van der Waals surface area contributed by atoms with Crippen LogP contribution in [-0.4, -0.2) is 67.3 Å². The van der Waals surface area contributed by atoms with Gasteiger partial charge in [0.1, 0.15) is 5.54 Å². The molecule has 0 saturated carbocycles. The smallest absolute Gasteiger partial charge is 0.303 e. The number of hydrogen-bond acceptors (Lipinski definition) is 4. The predicted octanol–water partition coefficient (Wildman–Crippen LogP) is 1.45. The van der Waals surface area contributed by atoms with E-state index in [-0.39, 0.29) is 6.04 Å². The standard InChI is InChI=1S/C13H23F3N4/c1-11(8-12(2,9-17)18-3)20-6-4-19(5-7-20)10-13(14,15)16/h11,18H,4-8,10H2,1-3H3. The molecule has 1 saturated heterocycles. The van der Waals surface area contributed by atoms with Crippen LogP contribution in [0.3, 0.4) is 0 Å². The van der Waals surface area contributed by atoms with E-state index in [1.807, 2.05) is 13.8 Å². The number of alkyl halides is 3. The van der Waals surface area contributed by atoms with Crippen LogP contribution in [0.2, 0.25) is 0 Å². The number of nitriles is 1. The van der Waals surface area contributed by atoms with Crippen molar-refractivity contribution in [3.05, 3.63) is 0 Å². The van der Waals surface area contributed by atoms with Crippen LogP contribution in [0.5, 0.6) is 0 Å². The van der Waals surface area contributed by atoms with Gasteiger partial charge in [-0.05, 0) is 27.3 Å². The van der Waals surface area contributed by atoms with Gasteiger partial charge in [-0.25, -0.2) is 0 Å². The molecule has 0 aromatic heterocycles. The van der Waals surface area contributed by atoms with Gasteiger partial charge in [0.05, 0.1) is 12.6 Å². The van der Waals surface area contributed by atoms with Crippen LogP contribution >= 0.6 is 0 Å². The average molecular weight is 292 g/mol. The minimum Gasteiger partial charge on any atom is -0.303 e. The molecular formula is C13H23F3N4. The fraction of sp³-hybridized carbons (Fsp3) is 0.923. The Kier molecular flexibility index (Phi) is 5.80. The highest BCUT2D eigenvalue weighted by Crippen LogP contribution is 2.20. The molecule has 1 heterocycles. The first-order valence-electron chi connectivity index (χ1n) is 6.82. The summed E-state index contributed by atoms with van der Waals surface area (Å²) in [7, 11) is 1.75. The Bertz CT molecular complexity index is 345. The van der Waals surface area contributed by atoms with Crippen molar-refractivity contribution in [2.45, 2.75) is 38.0 Å². The molecule has 1 fully saturated rings. The zero-order valence-corrected chi connectivity index (χ0v) is 12.3. The van der Waals surface area contributed by atoms with E-state index in [1.165, 1.54) is 4.90 Å². The summed E-state index contributed by atoms with van der Waals surface area (Å²) < 4.78 is 36.9. The lowest BCUT2D eigenvalue weighted by Crippen LogP contribution is -2.53. The molecule has 20 heavy (non-hydrogen) atoms. The molecule has 0 radical (unpaired) electrons. The highest BCUT2D eigenvalue weighted by atomic mass is 19.4. The second kappa shape index (κ2) is 6.74. The lowest BCUT2D eigenvalue weighted by atomic mass is 9.94. The Balaban J connectivity index is 2.43. The number of piperazine rings is 1. The van der Waals surface area contributed by atoms with Gasteiger partial charge in [0.15, 0.2) is 0 Å². The van der Waals surface area contributed by atoms with Gasteiger partial charge in [-0.1, -0.05) is 0 Å². The minimum atomic E-state index is -4.13. The van der Waals surface area contributed by atoms with Gasteiger partial charge in [0, 0.05) is 32.2 Å². The van der Waals surface area contributed by atoms with Crippen molar-refractivity contribution in [3.63, 3.8) is 0 Å². The van der Waals surface area contributed by atoms with E-state index in [9.17, 15) is 13.2 Å². The zero-order chi connectivity index (χ0) is 15.4. The summed E-state index contributed by atoms with van der Waals surface area (Å²) in [6.45, 7) is 5.10. The summed E-state index contributed by atoms with van der Waals surface area (Å²) >= 11 is 0. The Hall–Kier alpha value is -0.840. The van der Waals surface area contributed by atoms with Crippen molar-refractivity contribution < 1.29 is 13.2 Å². The third-order valence-electron chi connectivity index (χ3n) is 3.94. The fourth-order valence-corrected chi connectivity index (χ4v) is 2.54. The lowest BCUT2D eigenvalue weighted by Gasteiger charge is -2.40. The maximum Gasteiger partial charge on any atom is 0.401 e. The van der Waals surface area contributed by atoms with E-state index in [4.69, 9.17) is 5.26 Å². The molecule has 1 aliphatic rings. The molecule has 0 bridgehead atoms. The van der Waals surface area contributed by atoms with E-state index in [2.05, 4.69) is 16.3 Å². The fourth-order valence-electron chi connectivity index (χ4n) is 2.54. The largest absolute Gasteiger partial charge is 0.401 e. The Morgan fingerprint density at radius 2 is 1.80 bits per heavy atom. The van der Waals surface area contributed by atoms with Crippen molar-refractivity contribution in [1.82, 2.24) is 15.1 Å². The second-order valence-corrected chi connectivity index (χ2v) is 5.67. The van der Waals surface area contributed by atoms with Gasteiger partial charge >= 0.3 is 6.18 Å². The van der Waals surface area contributed by atoms with Crippen LogP contribution < -0.4 is 5.32 Å². The van der Waals surface area contributed by atoms with Crippen LogP contribution in [-0.2, 0) is 0 Å². The van der Waals surface area contributed by atoms with Crippen LogP contribution in [0.1, 0.15) is 20.3 Å². The van der Waals surface area contributed by atoms with E-state index < -0.39 is 18.3 Å². The Morgan fingerprint density at radius 3 is 2.20 bits per heavy atom. The van der Waals surface area contributed by atoms with Gasteiger partial charge in [-0.2, -0.15) is 18.4 Å². The maximum atomic E-state index is 12.3. The van der Waals surface area contributed by atoms with Crippen molar-refractivity contribution >= 4 is 0 Å². The number of rotatable bonds is 5. The number of hydrogen-bond donors (Lipinski definition) is 1. The molecule has 0 aromatic rings. The quantitative estimate of drug-likeness (QED) is 0.833. The van der Waals surface area contributed by atoms with Gasteiger partial charge in [0.25, 0.3) is 0 Å². The van der Waals surface area contributed by atoms with Crippen LogP contribution in [0, 0.1) is 11.3 Å². The first kappa shape index (κ1) is 17.2. The minimum absolute atomic E-state index is 0.167. The zero-order valence-electron chi connectivity index (χ0n) is 12.3. The molecule has 0 aromatic carbocycles. The van der Waals surface area contributed by atoms with Crippen LogP contribution in [0.4, 0.5) is 13.2 Å². The molecule has 2 unspecified atom stereocenters. The predicted molar refractivity (Wildman–Crippen MR) is 71.2 cm³/mol. The summed E-state index contributed by atoms with van der Waals surface area (Å²) in [4.78, 5) is 3.59. The first-order valence-corrected chi connectivity index (χ1v) is 6.82. The van der Waals surface area contributed by atoms with E-state index in [0.29, 0.717) is 32.6 Å². The molecule has 4 nitrogen and oxygen atoms in total. The molecule has 0 spiro atoms. The molecule has 2 atom stereocenters. The molecular weight excluding hydrogens is 269 g/mol. The SMILES string of the molecule is CNC(C)(C#N)CC(C)N1CCN(CC(F)(F)F)CC1. The summed E-state index contributed by atoms with van der Waals surface area (Å²) in [6.07, 6.45) is -3.47. The van der Waals surface area contributed by atoms with Crippen LogP contribution in [0.15, 0.2) is 0 Å². The maximum absolute atomic E-state index is 12.3. The molecule has 7 heteroatoms. The number of nitrogens with one attached hydrogen (secondary N) is 1. The number of nitrogens with zero attached hydrogens (tertiary/aromatic N) is 3. The van der Waals surface area contributed by atoms with Crippen molar-refractivity contribution in [2.24, 2.45) is 0 Å². The highest BCUT2D eigenvalue weighted by Gasteiger charge is 2.34. The van der Waals surface area contributed by atoms with Gasteiger partial charge in [0.2, 0.25) is 0 Å². The third-order valence-corrected chi connectivity index (χ3v) is 3.94. The van der Waals surface area contributed by atoms with E-state index in [1.54, 1.807) is 7.05 Å². The monoisotopic (exact) mass is 292 g/mol. The summed E-state index contributed by atoms with van der Waals surface area (Å²) in [6, 6.07) is 2.41. The van der Waals surface area contributed by atoms with Gasteiger partial charge < -0.3 is 5.32 Å². The van der Waals surface area contributed by atoms with E-state index in [0.717, 1.165) is 0 Å². The van der Waals surface area contributed by atoms with Crippen LogP contribution in [0.25, 0.3) is 0 Å².